The molecule has 1 heterocycles. The number of fused-ring (bicyclic) bond motifs is 1. The summed E-state index contributed by atoms with van der Waals surface area (Å²) in [5.41, 5.74) is 0.112. The predicted octanol–water partition coefficient (Wildman–Crippen LogP) is 2.60. The molecule has 3 atom stereocenters. The van der Waals surface area contributed by atoms with Crippen molar-refractivity contribution in [2.75, 3.05) is 21.3 Å². The Morgan fingerprint density at radius 1 is 1.22 bits per heavy atom. The maximum atomic E-state index is 6.05. The van der Waals surface area contributed by atoms with Crippen LogP contribution in [-0.2, 0) is 18.0 Å². The summed E-state index contributed by atoms with van der Waals surface area (Å²) >= 11 is 0. The zero-order valence-electron chi connectivity index (χ0n) is 12.0. The standard InChI is InChI=1S/C13H26O4Si/c1-5-11(10-18(14-2,15-3)16-4)13-9-7-6-8-12(13)17-13/h11-12H,5-10H2,1-4H3. The summed E-state index contributed by atoms with van der Waals surface area (Å²) in [5.74, 6) is 0.495. The van der Waals surface area contributed by atoms with Gasteiger partial charge in [-0.25, -0.2) is 0 Å². The van der Waals surface area contributed by atoms with Gasteiger partial charge in [-0.15, -0.1) is 0 Å². The van der Waals surface area contributed by atoms with Crippen LogP contribution in [0.25, 0.3) is 0 Å². The summed E-state index contributed by atoms with van der Waals surface area (Å²) in [6.45, 7) is 2.23. The van der Waals surface area contributed by atoms with Crippen LogP contribution in [0.3, 0.4) is 0 Å². The molecule has 1 aliphatic carbocycles. The Kier molecular flexibility index (Phi) is 4.49. The molecule has 3 unspecified atom stereocenters. The third-order valence-corrected chi connectivity index (χ3v) is 7.61. The summed E-state index contributed by atoms with van der Waals surface area (Å²) in [5, 5.41) is 0. The lowest BCUT2D eigenvalue weighted by atomic mass is 9.79. The highest BCUT2D eigenvalue weighted by molar-refractivity contribution is 6.60. The zero-order valence-corrected chi connectivity index (χ0v) is 13.0. The van der Waals surface area contributed by atoms with Gasteiger partial charge in [0.25, 0.3) is 0 Å². The first-order valence-corrected chi connectivity index (χ1v) is 8.93. The molecule has 4 nitrogen and oxygen atoms in total. The van der Waals surface area contributed by atoms with Gasteiger partial charge in [0.1, 0.15) is 0 Å². The number of hydrogen-bond donors (Lipinski definition) is 0. The van der Waals surface area contributed by atoms with Crippen LogP contribution >= 0.6 is 0 Å². The first kappa shape index (κ1) is 14.5. The topological polar surface area (TPSA) is 40.2 Å². The van der Waals surface area contributed by atoms with E-state index < -0.39 is 8.80 Å². The molecule has 0 spiro atoms. The molecule has 0 radical (unpaired) electrons. The van der Waals surface area contributed by atoms with E-state index >= 15 is 0 Å². The van der Waals surface area contributed by atoms with Crippen molar-refractivity contribution in [1.82, 2.24) is 0 Å². The molecule has 2 rings (SSSR count). The van der Waals surface area contributed by atoms with E-state index in [9.17, 15) is 0 Å². The Morgan fingerprint density at radius 2 is 1.89 bits per heavy atom. The van der Waals surface area contributed by atoms with Gasteiger partial charge in [0.2, 0.25) is 0 Å². The SMILES string of the molecule is CCC(C[Si](OC)(OC)OC)C12CCCCC1O2. The van der Waals surface area contributed by atoms with Gasteiger partial charge in [-0.05, 0) is 18.8 Å². The number of hydrogen-bond acceptors (Lipinski definition) is 4. The molecule has 2 fully saturated rings. The minimum absolute atomic E-state index is 0.112. The third kappa shape index (κ3) is 2.39. The van der Waals surface area contributed by atoms with Gasteiger partial charge < -0.3 is 18.0 Å². The molecular formula is C13H26O4Si. The maximum Gasteiger partial charge on any atom is 0.500 e. The molecule has 0 aromatic heterocycles. The maximum absolute atomic E-state index is 6.05. The van der Waals surface area contributed by atoms with Crippen molar-refractivity contribution in [2.24, 2.45) is 5.92 Å². The highest BCUT2D eigenvalue weighted by Crippen LogP contribution is 2.55. The summed E-state index contributed by atoms with van der Waals surface area (Å²) in [6.07, 6.45) is 6.59. The lowest BCUT2D eigenvalue weighted by Gasteiger charge is -2.32. The summed E-state index contributed by atoms with van der Waals surface area (Å²) in [7, 11) is 2.58. The molecule has 0 aromatic carbocycles. The second kappa shape index (κ2) is 5.59. The van der Waals surface area contributed by atoms with Crippen molar-refractivity contribution in [2.45, 2.75) is 56.8 Å². The predicted molar refractivity (Wildman–Crippen MR) is 71.4 cm³/mol. The quantitative estimate of drug-likeness (QED) is 0.528. The van der Waals surface area contributed by atoms with E-state index in [0.29, 0.717) is 12.0 Å². The van der Waals surface area contributed by atoms with Crippen LogP contribution < -0.4 is 0 Å². The summed E-state index contributed by atoms with van der Waals surface area (Å²) < 4.78 is 22.7. The van der Waals surface area contributed by atoms with Crippen LogP contribution in [0.15, 0.2) is 0 Å². The number of epoxide rings is 1. The molecule has 1 saturated heterocycles. The molecule has 0 amide bonds. The molecule has 106 valence electrons. The fourth-order valence-corrected chi connectivity index (χ4v) is 5.75. The summed E-state index contributed by atoms with van der Waals surface area (Å²) in [4.78, 5) is 0. The molecule has 0 N–H and O–H groups in total. The largest absolute Gasteiger partial charge is 0.500 e. The number of rotatable bonds is 7. The van der Waals surface area contributed by atoms with Crippen LogP contribution in [0.5, 0.6) is 0 Å². The van der Waals surface area contributed by atoms with Gasteiger partial charge in [-0.3, -0.25) is 0 Å². The molecule has 18 heavy (non-hydrogen) atoms. The lowest BCUT2D eigenvalue weighted by molar-refractivity contribution is 0.105. The molecule has 5 heteroatoms. The Morgan fingerprint density at radius 3 is 2.39 bits per heavy atom. The van der Waals surface area contributed by atoms with Gasteiger partial charge in [-0.1, -0.05) is 26.2 Å². The highest BCUT2D eigenvalue weighted by Gasteiger charge is 2.62. The van der Waals surface area contributed by atoms with Crippen molar-refractivity contribution in [3.05, 3.63) is 0 Å². The third-order valence-electron chi connectivity index (χ3n) is 4.75. The molecule has 0 bridgehead atoms. The first-order chi connectivity index (χ1) is 8.66. The monoisotopic (exact) mass is 274 g/mol. The second-order valence-electron chi connectivity index (χ2n) is 5.41. The van der Waals surface area contributed by atoms with E-state index in [1.807, 2.05) is 0 Å². The summed E-state index contributed by atoms with van der Waals surface area (Å²) in [6, 6.07) is 0.865. The van der Waals surface area contributed by atoms with Gasteiger partial charge in [0.15, 0.2) is 0 Å². The van der Waals surface area contributed by atoms with Crippen molar-refractivity contribution in [3.63, 3.8) is 0 Å². The van der Waals surface area contributed by atoms with E-state index in [4.69, 9.17) is 18.0 Å². The molecule has 1 aliphatic heterocycles. The Bertz CT molecular complexity index is 274. The Labute approximate surface area is 111 Å². The molecular weight excluding hydrogens is 248 g/mol. The van der Waals surface area contributed by atoms with Crippen LogP contribution in [-0.4, -0.2) is 41.8 Å². The lowest BCUT2D eigenvalue weighted by Crippen LogP contribution is -2.47. The average molecular weight is 274 g/mol. The fraction of sp³-hybridized carbons (Fsp3) is 1.00. The second-order valence-corrected chi connectivity index (χ2v) is 8.41. The van der Waals surface area contributed by atoms with Gasteiger partial charge in [0, 0.05) is 27.4 Å². The minimum atomic E-state index is -2.49. The van der Waals surface area contributed by atoms with Crippen molar-refractivity contribution in [1.29, 1.82) is 0 Å². The minimum Gasteiger partial charge on any atom is -0.377 e. The normalized spacial score (nSPS) is 33.0. The van der Waals surface area contributed by atoms with E-state index in [0.717, 1.165) is 12.5 Å². The van der Waals surface area contributed by atoms with Gasteiger partial charge >= 0.3 is 8.80 Å². The van der Waals surface area contributed by atoms with Crippen LogP contribution in [0.4, 0.5) is 0 Å². The first-order valence-electron chi connectivity index (χ1n) is 6.99. The van der Waals surface area contributed by atoms with Gasteiger partial charge in [0.05, 0.1) is 11.7 Å². The Balaban J connectivity index is 2.05. The Hall–Kier alpha value is 0.0569. The van der Waals surface area contributed by atoms with Gasteiger partial charge in [-0.2, -0.15) is 0 Å². The van der Waals surface area contributed by atoms with Crippen molar-refractivity contribution < 1.29 is 18.0 Å². The molecule has 0 aromatic rings. The van der Waals surface area contributed by atoms with Crippen molar-refractivity contribution in [3.8, 4) is 0 Å². The van der Waals surface area contributed by atoms with Crippen LogP contribution in [0.2, 0.25) is 6.04 Å². The van der Waals surface area contributed by atoms with Crippen LogP contribution in [0.1, 0.15) is 39.0 Å². The van der Waals surface area contributed by atoms with E-state index in [1.165, 1.54) is 25.7 Å². The smallest absolute Gasteiger partial charge is 0.377 e. The van der Waals surface area contributed by atoms with E-state index in [1.54, 1.807) is 21.3 Å². The van der Waals surface area contributed by atoms with E-state index in [2.05, 4.69) is 6.92 Å². The van der Waals surface area contributed by atoms with Crippen LogP contribution in [0, 0.1) is 5.92 Å². The molecule has 1 saturated carbocycles. The fourth-order valence-electron chi connectivity index (χ4n) is 3.51. The molecule has 2 aliphatic rings. The average Bonchev–Trinajstić information content (AvgIpc) is 3.16. The van der Waals surface area contributed by atoms with Crippen molar-refractivity contribution >= 4 is 8.80 Å². The number of ether oxygens (including phenoxy) is 1. The zero-order chi connectivity index (χ0) is 13.2. The highest BCUT2D eigenvalue weighted by atomic mass is 28.4. The van der Waals surface area contributed by atoms with E-state index in [-0.39, 0.29) is 5.60 Å².